The summed E-state index contributed by atoms with van der Waals surface area (Å²) in [4.78, 5) is 13.8. The van der Waals surface area contributed by atoms with Gasteiger partial charge in [-0.2, -0.15) is 15.0 Å². The molecule has 6 heteroatoms. The van der Waals surface area contributed by atoms with Gasteiger partial charge in [-0.3, -0.25) is 0 Å². The maximum absolute atomic E-state index is 5.59. The molecule has 0 radical (unpaired) electrons. The van der Waals surface area contributed by atoms with Crippen molar-refractivity contribution in [1.29, 1.82) is 0 Å². The summed E-state index contributed by atoms with van der Waals surface area (Å²) >= 11 is 5.59. The summed E-state index contributed by atoms with van der Waals surface area (Å²) in [6, 6.07) is 0. The normalized spacial score (nSPS) is 10.1. The predicted octanol–water partition coefficient (Wildman–Crippen LogP) is 0.649. The van der Waals surface area contributed by atoms with Crippen LogP contribution < -0.4 is 10.6 Å². The number of nitrogen functional groups attached to an aromatic ring is 1. The van der Waals surface area contributed by atoms with Gasteiger partial charge in [0, 0.05) is 13.6 Å². The van der Waals surface area contributed by atoms with E-state index in [2.05, 4.69) is 15.0 Å². The monoisotopic (exact) mass is 201 g/mol. The number of hydrogen-bond acceptors (Lipinski definition) is 5. The minimum Gasteiger partial charge on any atom is -0.368 e. The Morgan fingerprint density at radius 3 is 2.62 bits per heavy atom. The van der Waals surface area contributed by atoms with Crippen LogP contribution in [0, 0.1) is 0 Å². The number of nitrogens with zero attached hydrogens (tertiary/aromatic N) is 4. The van der Waals surface area contributed by atoms with Gasteiger partial charge in [0.25, 0.3) is 0 Å². The molecule has 0 atom stereocenters. The summed E-state index contributed by atoms with van der Waals surface area (Å²) in [6.45, 7) is 2.81. The Bertz CT molecular complexity index is 290. The van der Waals surface area contributed by atoms with E-state index in [4.69, 9.17) is 17.3 Å². The number of anilines is 2. The van der Waals surface area contributed by atoms with Gasteiger partial charge in [-0.05, 0) is 6.92 Å². The van der Waals surface area contributed by atoms with Gasteiger partial charge in [0.1, 0.15) is 0 Å². The zero-order valence-corrected chi connectivity index (χ0v) is 8.41. The Hall–Kier alpha value is -1.10. The van der Waals surface area contributed by atoms with Crippen molar-refractivity contribution in [3.63, 3.8) is 0 Å². The Balaban J connectivity index is 3.01. The second-order valence-corrected chi connectivity index (χ2v) is 2.82. The fourth-order valence-electron chi connectivity index (χ4n) is 0.797. The summed E-state index contributed by atoms with van der Waals surface area (Å²) in [5.41, 5.74) is 5.48. The minimum atomic E-state index is 0.209. The highest BCUT2D eigenvalue weighted by molar-refractivity contribution is 6.16. The molecule has 0 saturated heterocycles. The van der Waals surface area contributed by atoms with Crippen LogP contribution >= 0.6 is 11.6 Å². The summed E-state index contributed by atoms with van der Waals surface area (Å²) in [5, 5.41) is 0. The van der Waals surface area contributed by atoms with E-state index in [9.17, 15) is 0 Å². The van der Waals surface area contributed by atoms with Crippen LogP contribution in [0.5, 0.6) is 0 Å². The Morgan fingerprint density at radius 1 is 1.38 bits per heavy atom. The van der Waals surface area contributed by atoms with Gasteiger partial charge >= 0.3 is 0 Å². The Kier molecular flexibility index (Phi) is 3.25. The lowest BCUT2D eigenvalue weighted by molar-refractivity contribution is 0.864. The van der Waals surface area contributed by atoms with Crippen molar-refractivity contribution in [2.75, 3.05) is 24.2 Å². The number of aromatic nitrogens is 3. The zero-order valence-electron chi connectivity index (χ0n) is 7.66. The first-order valence-corrected chi connectivity index (χ1v) is 4.48. The molecule has 0 spiro atoms. The average Bonchev–Trinajstić information content (AvgIpc) is 2.15. The van der Waals surface area contributed by atoms with Crippen molar-refractivity contribution in [3.05, 3.63) is 5.82 Å². The van der Waals surface area contributed by atoms with Gasteiger partial charge in [0.2, 0.25) is 11.9 Å². The van der Waals surface area contributed by atoms with Crippen LogP contribution in [0.4, 0.5) is 11.9 Å². The lowest BCUT2D eigenvalue weighted by Crippen LogP contribution is -2.20. The first-order valence-electron chi connectivity index (χ1n) is 3.95. The quantitative estimate of drug-likeness (QED) is 0.728. The Morgan fingerprint density at radius 2 is 2.08 bits per heavy atom. The first-order chi connectivity index (χ1) is 6.17. The second kappa shape index (κ2) is 4.23. The third-order valence-electron chi connectivity index (χ3n) is 1.62. The zero-order chi connectivity index (χ0) is 9.84. The molecular formula is C7H12ClN5. The van der Waals surface area contributed by atoms with Gasteiger partial charge in [-0.25, -0.2) is 0 Å². The second-order valence-electron chi connectivity index (χ2n) is 2.56. The van der Waals surface area contributed by atoms with Crippen molar-refractivity contribution >= 4 is 23.5 Å². The maximum atomic E-state index is 5.59. The highest BCUT2D eigenvalue weighted by atomic mass is 35.5. The van der Waals surface area contributed by atoms with Crippen LogP contribution in [0.25, 0.3) is 0 Å². The van der Waals surface area contributed by atoms with E-state index >= 15 is 0 Å². The van der Waals surface area contributed by atoms with E-state index < -0.39 is 0 Å². The van der Waals surface area contributed by atoms with Crippen LogP contribution in [-0.4, -0.2) is 28.5 Å². The molecule has 5 nitrogen and oxygen atoms in total. The van der Waals surface area contributed by atoms with Crippen molar-refractivity contribution in [2.24, 2.45) is 0 Å². The number of nitrogens with two attached hydrogens (primary N) is 1. The summed E-state index contributed by atoms with van der Waals surface area (Å²) in [7, 11) is 1.88. The SMILES string of the molecule is CCN(C)c1nc(N)nc(CCl)n1. The minimum absolute atomic E-state index is 0.209. The smallest absolute Gasteiger partial charge is 0.230 e. The van der Waals surface area contributed by atoms with Crippen LogP contribution in [-0.2, 0) is 5.88 Å². The molecule has 0 aromatic carbocycles. The van der Waals surface area contributed by atoms with Crippen molar-refractivity contribution in [1.82, 2.24) is 15.0 Å². The highest BCUT2D eigenvalue weighted by Crippen LogP contribution is 2.07. The molecule has 1 heterocycles. The van der Waals surface area contributed by atoms with Crippen molar-refractivity contribution < 1.29 is 0 Å². The van der Waals surface area contributed by atoms with E-state index in [0.717, 1.165) is 6.54 Å². The molecule has 0 aliphatic rings. The fraction of sp³-hybridized carbons (Fsp3) is 0.571. The number of alkyl halides is 1. The van der Waals surface area contributed by atoms with E-state index in [-0.39, 0.29) is 11.8 Å². The van der Waals surface area contributed by atoms with E-state index in [1.165, 1.54) is 0 Å². The van der Waals surface area contributed by atoms with E-state index in [0.29, 0.717) is 11.8 Å². The largest absolute Gasteiger partial charge is 0.368 e. The Labute approximate surface area is 82.0 Å². The first kappa shape index (κ1) is 9.98. The molecule has 13 heavy (non-hydrogen) atoms. The average molecular weight is 202 g/mol. The third-order valence-corrected chi connectivity index (χ3v) is 1.86. The molecule has 0 saturated carbocycles. The molecule has 0 bridgehead atoms. The summed E-state index contributed by atoms with van der Waals surface area (Å²) in [5.74, 6) is 1.52. The number of hydrogen-bond donors (Lipinski definition) is 1. The van der Waals surface area contributed by atoms with Gasteiger partial charge in [-0.15, -0.1) is 11.6 Å². The highest BCUT2D eigenvalue weighted by Gasteiger charge is 2.06. The molecule has 0 amide bonds. The van der Waals surface area contributed by atoms with Crippen LogP contribution in [0.1, 0.15) is 12.7 Å². The molecule has 1 aromatic rings. The van der Waals surface area contributed by atoms with E-state index in [1.54, 1.807) is 0 Å². The van der Waals surface area contributed by atoms with Crippen molar-refractivity contribution in [3.8, 4) is 0 Å². The lowest BCUT2D eigenvalue weighted by Gasteiger charge is -2.14. The lowest BCUT2D eigenvalue weighted by atomic mass is 10.6. The van der Waals surface area contributed by atoms with E-state index in [1.807, 2.05) is 18.9 Å². The molecule has 72 valence electrons. The third kappa shape index (κ3) is 2.42. The maximum Gasteiger partial charge on any atom is 0.230 e. The number of rotatable bonds is 3. The van der Waals surface area contributed by atoms with Gasteiger partial charge in [0.15, 0.2) is 5.82 Å². The fourth-order valence-corrected chi connectivity index (χ4v) is 0.917. The standard InChI is InChI=1S/C7H12ClN5/c1-3-13(2)7-11-5(4-8)10-6(9)12-7/h3-4H2,1-2H3,(H2,9,10,11,12). The van der Waals surface area contributed by atoms with Crippen LogP contribution in [0.15, 0.2) is 0 Å². The van der Waals surface area contributed by atoms with Crippen LogP contribution in [0.2, 0.25) is 0 Å². The molecule has 0 aliphatic carbocycles. The summed E-state index contributed by atoms with van der Waals surface area (Å²) in [6.07, 6.45) is 0. The van der Waals surface area contributed by atoms with Crippen molar-refractivity contribution in [2.45, 2.75) is 12.8 Å². The molecule has 1 aromatic heterocycles. The topological polar surface area (TPSA) is 67.9 Å². The number of halogens is 1. The molecule has 0 aliphatic heterocycles. The van der Waals surface area contributed by atoms with Gasteiger partial charge < -0.3 is 10.6 Å². The van der Waals surface area contributed by atoms with Crippen LogP contribution in [0.3, 0.4) is 0 Å². The molecular weight excluding hydrogens is 190 g/mol. The molecule has 1 rings (SSSR count). The molecule has 2 N–H and O–H groups in total. The van der Waals surface area contributed by atoms with Gasteiger partial charge in [-0.1, -0.05) is 0 Å². The predicted molar refractivity (Wildman–Crippen MR) is 52.7 cm³/mol. The molecule has 0 unspecified atom stereocenters. The van der Waals surface area contributed by atoms with Gasteiger partial charge in [0.05, 0.1) is 5.88 Å². The molecule has 0 fully saturated rings. The summed E-state index contributed by atoms with van der Waals surface area (Å²) < 4.78 is 0.